The number of piperidine rings is 1. The third kappa shape index (κ3) is 2.48. The van der Waals surface area contributed by atoms with Gasteiger partial charge in [0.25, 0.3) is 0 Å². The minimum absolute atomic E-state index is 0.455. The lowest BCUT2D eigenvalue weighted by molar-refractivity contribution is 0.234. The summed E-state index contributed by atoms with van der Waals surface area (Å²) in [5.41, 5.74) is 0.455. The Kier molecular flexibility index (Phi) is 3.57. The molecule has 1 saturated heterocycles. The molecule has 0 amide bonds. The van der Waals surface area contributed by atoms with E-state index in [4.69, 9.17) is 0 Å². The Bertz CT molecular complexity index is 123. The molecule has 1 radical (unpaired) electrons. The molecule has 0 spiro atoms. The Hall–Kier alpha value is -0.0400. The largest absolute Gasteiger partial charge is 0.311 e. The van der Waals surface area contributed by atoms with Crippen LogP contribution in [0.5, 0.6) is 0 Å². The Morgan fingerprint density at radius 3 is 2.50 bits per heavy atom. The fraction of sp³-hybridized carbons (Fsp3) is 0.909. The van der Waals surface area contributed by atoms with E-state index in [1.54, 1.807) is 5.92 Å². The van der Waals surface area contributed by atoms with Gasteiger partial charge in [0.05, 0.1) is 0 Å². The zero-order chi connectivity index (χ0) is 9.03. The maximum Gasteiger partial charge on any atom is 0.0184 e. The van der Waals surface area contributed by atoms with Gasteiger partial charge in [-0.2, -0.15) is 0 Å². The molecule has 0 aliphatic carbocycles. The summed E-state index contributed by atoms with van der Waals surface area (Å²) in [5.74, 6) is 1.56. The molecule has 1 fully saturated rings. The number of hydrogen-bond acceptors (Lipinski definition) is 1. The smallest absolute Gasteiger partial charge is 0.0184 e. The van der Waals surface area contributed by atoms with Gasteiger partial charge in [0.15, 0.2) is 0 Å². The van der Waals surface area contributed by atoms with Crippen LogP contribution >= 0.6 is 0 Å². The van der Waals surface area contributed by atoms with Crippen molar-refractivity contribution in [2.24, 2.45) is 0 Å². The molecule has 1 N–H and O–H groups in total. The van der Waals surface area contributed by atoms with Crippen molar-refractivity contribution in [3.05, 3.63) is 5.92 Å². The van der Waals surface area contributed by atoms with E-state index in [0.717, 1.165) is 0 Å². The molecule has 12 heavy (non-hydrogen) atoms. The van der Waals surface area contributed by atoms with Crippen LogP contribution in [0.2, 0.25) is 0 Å². The molecular weight excluding hydrogens is 146 g/mol. The highest BCUT2D eigenvalue weighted by Crippen LogP contribution is 2.29. The molecule has 1 heteroatoms. The van der Waals surface area contributed by atoms with Crippen molar-refractivity contribution in [2.45, 2.75) is 58.4 Å². The summed E-state index contributed by atoms with van der Waals surface area (Å²) in [7, 11) is 0. The highest BCUT2D eigenvalue weighted by Gasteiger charge is 2.29. The van der Waals surface area contributed by atoms with Gasteiger partial charge < -0.3 is 5.32 Å². The Labute approximate surface area is 76.9 Å². The minimum atomic E-state index is 0.455. The summed E-state index contributed by atoms with van der Waals surface area (Å²) < 4.78 is 0. The maximum absolute atomic E-state index is 3.69. The van der Waals surface area contributed by atoms with Crippen LogP contribution < -0.4 is 5.32 Å². The summed E-state index contributed by atoms with van der Waals surface area (Å²) in [5, 5.41) is 3.69. The summed E-state index contributed by atoms with van der Waals surface area (Å²) >= 11 is 0. The van der Waals surface area contributed by atoms with E-state index in [1.807, 2.05) is 0 Å². The Morgan fingerprint density at radius 1 is 1.33 bits per heavy atom. The molecule has 1 nitrogen and oxygen atoms in total. The van der Waals surface area contributed by atoms with Crippen molar-refractivity contribution in [3.63, 3.8) is 0 Å². The molecule has 0 saturated carbocycles. The van der Waals surface area contributed by atoms with Crippen LogP contribution in [0, 0.1) is 5.92 Å². The van der Waals surface area contributed by atoms with E-state index < -0.39 is 0 Å². The van der Waals surface area contributed by atoms with Gasteiger partial charge in [0.2, 0.25) is 0 Å². The number of nitrogens with one attached hydrogen (secondary N) is 1. The van der Waals surface area contributed by atoms with Crippen LogP contribution in [0.15, 0.2) is 0 Å². The molecule has 1 heterocycles. The lowest BCUT2D eigenvalue weighted by atomic mass is 9.80. The molecule has 0 bridgehead atoms. The van der Waals surface area contributed by atoms with Gasteiger partial charge in [-0.3, -0.25) is 0 Å². The first-order valence-electron chi connectivity index (χ1n) is 5.22. The van der Waals surface area contributed by atoms with E-state index in [1.165, 1.54) is 38.6 Å². The third-order valence-corrected chi connectivity index (χ3v) is 2.95. The zero-order valence-corrected chi connectivity index (χ0v) is 8.74. The first kappa shape index (κ1) is 10.0. The first-order chi connectivity index (χ1) is 5.68. The van der Waals surface area contributed by atoms with Crippen LogP contribution in [0.25, 0.3) is 0 Å². The summed E-state index contributed by atoms with van der Waals surface area (Å²) in [6, 6.07) is 0. The Balaban J connectivity index is 2.48. The molecule has 0 aromatic carbocycles. The standard InChI is InChI=1S/C11H22N/c1-4-11(9-10(2)3)7-5-6-8-12-11/h12H,4-9H2,1-3H3. The van der Waals surface area contributed by atoms with Crippen LogP contribution in [0.4, 0.5) is 0 Å². The molecule has 71 valence electrons. The molecule has 1 rings (SSSR count). The van der Waals surface area contributed by atoms with Gasteiger partial charge in [0.1, 0.15) is 0 Å². The molecule has 1 aliphatic rings. The fourth-order valence-corrected chi connectivity index (χ4v) is 2.28. The quantitative estimate of drug-likeness (QED) is 0.683. The molecule has 1 aliphatic heterocycles. The monoisotopic (exact) mass is 168 g/mol. The molecule has 1 atom stereocenters. The molecule has 1 unspecified atom stereocenters. The SMILES string of the molecule is CCC1(C[C](C)C)CCCCN1. The van der Waals surface area contributed by atoms with Gasteiger partial charge in [-0.05, 0) is 38.1 Å². The number of hydrogen-bond donors (Lipinski definition) is 1. The number of rotatable bonds is 3. The molecular formula is C11H22N. The highest BCUT2D eigenvalue weighted by molar-refractivity contribution is 4.97. The van der Waals surface area contributed by atoms with Crippen molar-refractivity contribution >= 4 is 0 Å². The van der Waals surface area contributed by atoms with E-state index >= 15 is 0 Å². The van der Waals surface area contributed by atoms with Crippen molar-refractivity contribution in [3.8, 4) is 0 Å². The zero-order valence-electron chi connectivity index (χ0n) is 8.74. The summed E-state index contributed by atoms with van der Waals surface area (Å²) in [4.78, 5) is 0. The first-order valence-corrected chi connectivity index (χ1v) is 5.22. The van der Waals surface area contributed by atoms with Gasteiger partial charge in [-0.1, -0.05) is 27.2 Å². The van der Waals surface area contributed by atoms with E-state index in [-0.39, 0.29) is 0 Å². The second-order valence-corrected chi connectivity index (χ2v) is 4.40. The van der Waals surface area contributed by atoms with Crippen molar-refractivity contribution < 1.29 is 0 Å². The van der Waals surface area contributed by atoms with E-state index in [0.29, 0.717) is 5.54 Å². The third-order valence-electron chi connectivity index (χ3n) is 2.95. The van der Waals surface area contributed by atoms with E-state index in [9.17, 15) is 0 Å². The van der Waals surface area contributed by atoms with Gasteiger partial charge in [0, 0.05) is 5.54 Å². The molecule has 0 aromatic rings. The average Bonchev–Trinajstić information content (AvgIpc) is 2.05. The van der Waals surface area contributed by atoms with Gasteiger partial charge in [-0.25, -0.2) is 0 Å². The van der Waals surface area contributed by atoms with Crippen LogP contribution in [-0.2, 0) is 0 Å². The van der Waals surface area contributed by atoms with E-state index in [2.05, 4.69) is 26.1 Å². The average molecular weight is 168 g/mol. The topological polar surface area (TPSA) is 12.0 Å². The van der Waals surface area contributed by atoms with Crippen molar-refractivity contribution in [1.29, 1.82) is 0 Å². The minimum Gasteiger partial charge on any atom is -0.311 e. The van der Waals surface area contributed by atoms with Crippen molar-refractivity contribution in [2.75, 3.05) is 6.54 Å². The fourth-order valence-electron chi connectivity index (χ4n) is 2.28. The predicted octanol–water partition coefficient (Wildman–Crippen LogP) is 2.91. The second-order valence-electron chi connectivity index (χ2n) is 4.40. The second kappa shape index (κ2) is 4.27. The van der Waals surface area contributed by atoms with Gasteiger partial charge >= 0.3 is 0 Å². The van der Waals surface area contributed by atoms with Crippen molar-refractivity contribution in [1.82, 2.24) is 5.32 Å². The summed E-state index contributed by atoms with van der Waals surface area (Å²) in [6.45, 7) is 8.02. The summed E-state index contributed by atoms with van der Waals surface area (Å²) in [6.07, 6.45) is 6.69. The maximum atomic E-state index is 3.69. The lowest BCUT2D eigenvalue weighted by Gasteiger charge is -2.39. The lowest BCUT2D eigenvalue weighted by Crippen LogP contribution is -2.48. The van der Waals surface area contributed by atoms with Crippen LogP contribution in [-0.4, -0.2) is 12.1 Å². The van der Waals surface area contributed by atoms with Crippen LogP contribution in [0.3, 0.4) is 0 Å². The predicted molar refractivity (Wildman–Crippen MR) is 54.1 cm³/mol. The van der Waals surface area contributed by atoms with Crippen LogP contribution in [0.1, 0.15) is 52.9 Å². The highest BCUT2D eigenvalue weighted by atomic mass is 15.0. The normalized spacial score (nSPS) is 31.0. The molecule has 0 aromatic heterocycles. The Morgan fingerprint density at radius 2 is 2.08 bits per heavy atom. The van der Waals surface area contributed by atoms with Gasteiger partial charge in [-0.15, -0.1) is 0 Å².